The van der Waals surface area contributed by atoms with Crippen molar-refractivity contribution in [1.82, 2.24) is 10.3 Å². The molecule has 112 valence electrons. The van der Waals surface area contributed by atoms with Gasteiger partial charge in [-0.25, -0.2) is 4.98 Å². The van der Waals surface area contributed by atoms with Gasteiger partial charge in [0.15, 0.2) is 0 Å². The molecule has 0 fully saturated rings. The van der Waals surface area contributed by atoms with E-state index in [2.05, 4.69) is 22.5 Å². The van der Waals surface area contributed by atoms with Crippen LogP contribution in [-0.2, 0) is 0 Å². The van der Waals surface area contributed by atoms with Crippen LogP contribution < -0.4 is 10.6 Å². The van der Waals surface area contributed by atoms with Crippen LogP contribution >= 0.6 is 11.6 Å². The number of rotatable bonds is 6. The fourth-order valence-electron chi connectivity index (χ4n) is 1.83. The Hall–Kier alpha value is -2.01. The Morgan fingerprint density at radius 3 is 2.90 bits per heavy atom. The molecule has 1 atom stereocenters. The van der Waals surface area contributed by atoms with Crippen molar-refractivity contribution < 1.29 is 9.21 Å². The number of hydrogen-bond donors (Lipinski definition) is 2. The van der Waals surface area contributed by atoms with Crippen LogP contribution in [0.25, 0.3) is 0 Å². The van der Waals surface area contributed by atoms with Gasteiger partial charge >= 0.3 is 0 Å². The third kappa shape index (κ3) is 3.98. The summed E-state index contributed by atoms with van der Waals surface area (Å²) in [5.74, 6) is 0.987. The summed E-state index contributed by atoms with van der Waals surface area (Å²) in [5.41, 5.74) is 0.205. The van der Waals surface area contributed by atoms with Gasteiger partial charge in [-0.2, -0.15) is 0 Å². The largest absolute Gasteiger partial charge is 0.467 e. The molecule has 0 aliphatic carbocycles. The molecule has 1 unspecified atom stereocenters. The van der Waals surface area contributed by atoms with Crippen molar-refractivity contribution >= 4 is 23.3 Å². The topological polar surface area (TPSA) is 67.2 Å². The van der Waals surface area contributed by atoms with Gasteiger partial charge in [-0.05, 0) is 37.6 Å². The quantitative estimate of drug-likeness (QED) is 0.855. The number of carbonyl (C=O) groups excluding carboxylic acids is 1. The number of nitrogens with zero attached hydrogens (tertiary/aromatic N) is 1. The molecule has 0 aliphatic heterocycles. The van der Waals surface area contributed by atoms with Gasteiger partial charge in [0.25, 0.3) is 5.91 Å². The molecule has 2 aromatic heterocycles. The third-order valence-electron chi connectivity index (χ3n) is 2.93. The van der Waals surface area contributed by atoms with Gasteiger partial charge < -0.3 is 15.1 Å². The maximum atomic E-state index is 12.3. The summed E-state index contributed by atoms with van der Waals surface area (Å²) in [7, 11) is 0. The van der Waals surface area contributed by atoms with Gasteiger partial charge in [-0.3, -0.25) is 4.79 Å². The lowest BCUT2D eigenvalue weighted by Crippen LogP contribution is -2.27. The molecule has 0 radical (unpaired) electrons. The highest BCUT2D eigenvalue weighted by Crippen LogP contribution is 2.19. The highest BCUT2D eigenvalue weighted by atomic mass is 35.5. The number of amides is 1. The van der Waals surface area contributed by atoms with Crippen molar-refractivity contribution in [3.05, 3.63) is 47.0 Å². The predicted octanol–water partition coefficient (Wildman–Crippen LogP) is 3.64. The lowest BCUT2D eigenvalue weighted by atomic mass is 10.2. The van der Waals surface area contributed by atoms with E-state index in [-0.39, 0.29) is 17.6 Å². The number of hydrogen-bond acceptors (Lipinski definition) is 4. The zero-order chi connectivity index (χ0) is 15.2. The molecule has 2 aromatic rings. The number of pyridine rings is 1. The van der Waals surface area contributed by atoms with E-state index in [0.717, 1.165) is 13.0 Å². The van der Waals surface area contributed by atoms with E-state index in [1.807, 2.05) is 6.92 Å². The van der Waals surface area contributed by atoms with Gasteiger partial charge in [0.1, 0.15) is 17.3 Å². The molecule has 0 bridgehead atoms. The Morgan fingerprint density at radius 2 is 2.24 bits per heavy atom. The van der Waals surface area contributed by atoms with Crippen molar-refractivity contribution in [1.29, 1.82) is 0 Å². The van der Waals surface area contributed by atoms with E-state index in [0.29, 0.717) is 16.6 Å². The van der Waals surface area contributed by atoms with Crippen molar-refractivity contribution in [2.24, 2.45) is 0 Å². The zero-order valence-electron chi connectivity index (χ0n) is 12.0. The summed E-state index contributed by atoms with van der Waals surface area (Å²) in [4.78, 5) is 16.5. The van der Waals surface area contributed by atoms with Gasteiger partial charge in [0.2, 0.25) is 0 Å². The minimum atomic E-state index is -0.330. The van der Waals surface area contributed by atoms with Gasteiger partial charge in [-0.1, -0.05) is 18.5 Å². The summed E-state index contributed by atoms with van der Waals surface area (Å²) < 4.78 is 5.26. The first-order chi connectivity index (χ1) is 10.1. The Morgan fingerprint density at radius 1 is 1.43 bits per heavy atom. The van der Waals surface area contributed by atoms with Crippen LogP contribution in [0.5, 0.6) is 0 Å². The van der Waals surface area contributed by atoms with E-state index in [1.54, 1.807) is 30.5 Å². The Balaban J connectivity index is 2.10. The number of halogens is 1. The van der Waals surface area contributed by atoms with Crippen LogP contribution in [0.4, 0.5) is 5.82 Å². The van der Waals surface area contributed by atoms with E-state index in [9.17, 15) is 4.79 Å². The minimum absolute atomic E-state index is 0.205. The van der Waals surface area contributed by atoms with Crippen LogP contribution in [0.3, 0.4) is 0 Å². The second kappa shape index (κ2) is 7.13. The normalized spacial score (nSPS) is 12.0. The molecule has 0 aromatic carbocycles. The SMILES string of the molecule is CCCNc1ccc(Cl)c(C(=O)NC(C)c2ccco2)n1. The molecule has 2 rings (SSSR count). The first-order valence-electron chi connectivity index (χ1n) is 6.86. The average Bonchev–Trinajstić information content (AvgIpc) is 3.00. The van der Waals surface area contributed by atoms with Crippen LogP contribution in [0.1, 0.15) is 42.6 Å². The highest BCUT2D eigenvalue weighted by Gasteiger charge is 2.17. The van der Waals surface area contributed by atoms with E-state index >= 15 is 0 Å². The summed E-state index contributed by atoms with van der Waals surface area (Å²) in [6.07, 6.45) is 2.54. The van der Waals surface area contributed by atoms with Crippen molar-refractivity contribution in [2.75, 3.05) is 11.9 Å². The molecule has 1 amide bonds. The average molecular weight is 308 g/mol. The van der Waals surface area contributed by atoms with E-state index in [1.165, 1.54) is 0 Å². The number of nitrogens with one attached hydrogen (secondary N) is 2. The fraction of sp³-hybridized carbons (Fsp3) is 0.333. The molecule has 2 N–H and O–H groups in total. The third-order valence-corrected chi connectivity index (χ3v) is 3.24. The number of carbonyl (C=O) groups is 1. The molecular formula is C15H18ClN3O2. The molecule has 0 aliphatic rings. The Labute approximate surface area is 128 Å². The van der Waals surface area contributed by atoms with Crippen LogP contribution in [0.2, 0.25) is 5.02 Å². The molecule has 0 saturated heterocycles. The lowest BCUT2D eigenvalue weighted by molar-refractivity contribution is 0.0930. The number of anilines is 1. The first-order valence-corrected chi connectivity index (χ1v) is 7.24. The molecule has 6 heteroatoms. The van der Waals surface area contributed by atoms with Crippen molar-refractivity contribution in [3.63, 3.8) is 0 Å². The van der Waals surface area contributed by atoms with Gasteiger partial charge in [0, 0.05) is 6.54 Å². The smallest absolute Gasteiger partial charge is 0.272 e. The summed E-state index contributed by atoms with van der Waals surface area (Å²) in [6, 6.07) is 6.75. The monoisotopic (exact) mass is 307 g/mol. The van der Waals surface area contributed by atoms with Crippen molar-refractivity contribution in [3.8, 4) is 0 Å². The minimum Gasteiger partial charge on any atom is -0.467 e. The fourth-order valence-corrected chi connectivity index (χ4v) is 2.02. The molecule has 2 heterocycles. The number of furan rings is 1. The lowest BCUT2D eigenvalue weighted by Gasteiger charge is -2.13. The molecule has 5 nitrogen and oxygen atoms in total. The predicted molar refractivity (Wildman–Crippen MR) is 82.6 cm³/mol. The molecule has 21 heavy (non-hydrogen) atoms. The van der Waals surface area contributed by atoms with Crippen LogP contribution in [0.15, 0.2) is 34.9 Å². The van der Waals surface area contributed by atoms with E-state index < -0.39 is 0 Å². The molecule has 0 spiro atoms. The Kier molecular flexibility index (Phi) is 5.22. The second-order valence-electron chi connectivity index (χ2n) is 4.66. The van der Waals surface area contributed by atoms with Gasteiger partial charge in [-0.15, -0.1) is 0 Å². The van der Waals surface area contributed by atoms with Crippen LogP contribution in [0, 0.1) is 0 Å². The van der Waals surface area contributed by atoms with E-state index in [4.69, 9.17) is 16.0 Å². The summed E-state index contributed by atoms with van der Waals surface area (Å²) in [5, 5.41) is 6.27. The second-order valence-corrected chi connectivity index (χ2v) is 5.07. The maximum Gasteiger partial charge on any atom is 0.272 e. The van der Waals surface area contributed by atoms with Gasteiger partial charge in [0.05, 0.1) is 17.3 Å². The molecular weight excluding hydrogens is 290 g/mol. The maximum absolute atomic E-state index is 12.3. The Bertz CT molecular complexity index is 599. The van der Waals surface area contributed by atoms with Crippen molar-refractivity contribution in [2.45, 2.75) is 26.3 Å². The molecule has 0 saturated carbocycles. The summed E-state index contributed by atoms with van der Waals surface area (Å²) >= 11 is 6.06. The zero-order valence-corrected chi connectivity index (χ0v) is 12.8. The highest BCUT2D eigenvalue weighted by molar-refractivity contribution is 6.33. The first kappa shape index (κ1) is 15.4. The number of aromatic nitrogens is 1. The van der Waals surface area contributed by atoms with Crippen LogP contribution in [-0.4, -0.2) is 17.4 Å². The standard InChI is InChI=1S/C15H18ClN3O2/c1-3-8-17-13-7-6-11(16)14(19-13)15(20)18-10(2)12-5-4-9-21-12/h4-7,9-10H,3,8H2,1-2H3,(H,17,19)(H,18,20). The summed E-state index contributed by atoms with van der Waals surface area (Å²) in [6.45, 7) is 4.68.